The van der Waals surface area contributed by atoms with Crippen molar-refractivity contribution >= 4 is 21.7 Å². The summed E-state index contributed by atoms with van der Waals surface area (Å²) in [4.78, 5) is 11.6. The fourth-order valence-corrected chi connectivity index (χ4v) is 3.70. The zero-order valence-corrected chi connectivity index (χ0v) is 14.5. The summed E-state index contributed by atoms with van der Waals surface area (Å²) in [5.41, 5.74) is 1.04. The molecule has 0 N–H and O–H groups in total. The second-order valence-corrected chi connectivity index (χ2v) is 6.70. The van der Waals surface area contributed by atoms with Crippen molar-refractivity contribution in [2.75, 3.05) is 11.9 Å². The van der Waals surface area contributed by atoms with Gasteiger partial charge in [0.05, 0.1) is 6.61 Å². The highest BCUT2D eigenvalue weighted by molar-refractivity contribution is 9.09. The molecular formula is C18H25BrO2. The summed E-state index contributed by atoms with van der Waals surface area (Å²) in [6.45, 7) is 2.65. The topological polar surface area (TPSA) is 26.3 Å². The molecule has 1 saturated carbocycles. The minimum atomic E-state index is 0.183. The van der Waals surface area contributed by atoms with Gasteiger partial charge in [-0.1, -0.05) is 48.5 Å². The van der Waals surface area contributed by atoms with Gasteiger partial charge in [0.25, 0.3) is 0 Å². The number of carbonyl (C=O) groups excluding carboxylic acids is 1. The van der Waals surface area contributed by atoms with E-state index < -0.39 is 0 Å². The standard InChI is InChI=1S/C18H25BrO2/c1-2-17(20)15-7-9-16(10-8-15)21-14-18(13-19)11-5-3-4-6-12-18/h7-10H,2-6,11-14H2,1H3. The Hall–Kier alpha value is -0.830. The van der Waals surface area contributed by atoms with Crippen LogP contribution in [-0.4, -0.2) is 17.7 Å². The predicted octanol–water partition coefficient (Wildman–Crippen LogP) is 5.39. The summed E-state index contributed by atoms with van der Waals surface area (Å²) in [6, 6.07) is 7.58. The number of halogens is 1. The first-order chi connectivity index (χ1) is 10.2. The van der Waals surface area contributed by atoms with Gasteiger partial charge in [0, 0.05) is 22.7 Å². The first-order valence-electron chi connectivity index (χ1n) is 8.01. The van der Waals surface area contributed by atoms with E-state index in [2.05, 4.69) is 15.9 Å². The maximum absolute atomic E-state index is 11.6. The van der Waals surface area contributed by atoms with E-state index >= 15 is 0 Å². The molecule has 0 unspecified atom stereocenters. The van der Waals surface area contributed by atoms with Crippen LogP contribution in [0.25, 0.3) is 0 Å². The summed E-state index contributed by atoms with van der Waals surface area (Å²) in [5.74, 6) is 1.05. The first kappa shape index (κ1) is 16.5. The van der Waals surface area contributed by atoms with Gasteiger partial charge in [0.2, 0.25) is 0 Å². The Kier molecular flexibility index (Phi) is 6.28. The molecule has 0 radical (unpaired) electrons. The Morgan fingerprint density at radius 1 is 1.14 bits per heavy atom. The molecule has 0 aromatic heterocycles. The van der Waals surface area contributed by atoms with Crippen LogP contribution in [0.3, 0.4) is 0 Å². The summed E-state index contributed by atoms with van der Waals surface area (Å²) < 4.78 is 6.02. The molecule has 0 aliphatic heterocycles. The van der Waals surface area contributed by atoms with Crippen LogP contribution in [0.15, 0.2) is 24.3 Å². The minimum absolute atomic E-state index is 0.183. The fraction of sp³-hybridized carbons (Fsp3) is 0.611. The van der Waals surface area contributed by atoms with Crippen molar-refractivity contribution in [3.63, 3.8) is 0 Å². The van der Waals surface area contributed by atoms with Crippen LogP contribution in [0.2, 0.25) is 0 Å². The van der Waals surface area contributed by atoms with Crippen LogP contribution in [0.4, 0.5) is 0 Å². The third-order valence-electron chi connectivity index (χ3n) is 4.49. The number of Topliss-reactive ketones (excluding diaryl/α,β-unsaturated/α-hetero) is 1. The van der Waals surface area contributed by atoms with Crippen molar-refractivity contribution in [3.8, 4) is 5.75 Å². The van der Waals surface area contributed by atoms with Crippen molar-refractivity contribution in [3.05, 3.63) is 29.8 Å². The molecule has 2 nitrogen and oxygen atoms in total. The molecule has 2 rings (SSSR count). The van der Waals surface area contributed by atoms with Crippen molar-refractivity contribution in [2.24, 2.45) is 5.41 Å². The van der Waals surface area contributed by atoms with Gasteiger partial charge < -0.3 is 4.74 Å². The lowest BCUT2D eigenvalue weighted by Crippen LogP contribution is -2.29. The van der Waals surface area contributed by atoms with E-state index in [0.717, 1.165) is 23.2 Å². The monoisotopic (exact) mass is 352 g/mol. The van der Waals surface area contributed by atoms with Crippen LogP contribution in [0, 0.1) is 5.41 Å². The molecule has 0 bridgehead atoms. The Morgan fingerprint density at radius 3 is 2.29 bits per heavy atom. The molecule has 0 spiro atoms. The van der Waals surface area contributed by atoms with Crippen molar-refractivity contribution in [2.45, 2.75) is 51.9 Å². The number of hydrogen-bond donors (Lipinski definition) is 0. The van der Waals surface area contributed by atoms with Gasteiger partial charge in [-0.2, -0.15) is 0 Å². The van der Waals surface area contributed by atoms with E-state index in [1.807, 2.05) is 31.2 Å². The molecule has 0 amide bonds. The van der Waals surface area contributed by atoms with Crippen LogP contribution in [0.1, 0.15) is 62.2 Å². The largest absolute Gasteiger partial charge is 0.493 e. The molecular weight excluding hydrogens is 328 g/mol. The van der Waals surface area contributed by atoms with Crippen molar-refractivity contribution < 1.29 is 9.53 Å². The Labute approximate surface area is 136 Å². The van der Waals surface area contributed by atoms with Gasteiger partial charge in [0.15, 0.2) is 5.78 Å². The Morgan fingerprint density at radius 2 is 1.76 bits per heavy atom. The molecule has 116 valence electrons. The van der Waals surface area contributed by atoms with Gasteiger partial charge in [-0.15, -0.1) is 0 Å². The summed E-state index contributed by atoms with van der Waals surface area (Å²) in [7, 11) is 0. The summed E-state index contributed by atoms with van der Waals surface area (Å²) in [5, 5.41) is 1.01. The van der Waals surface area contributed by atoms with E-state index in [1.165, 1.54) is 38.5 Å². The number of hydrogen-bond acceptors (Lipinski definition) is 2. The summed E-state index contributed by atoms with van der Waals surface area (Å²) >= 11 is 3.69. The van der Waals surface area contributed by atoms with Crippen molar-refractivity contribution in [1.29, 1.82) is 0 Å². The maximum atomic E-state index is 11.6. The van der Waals surface area contributed by atoms with E-state index in [9.17, 15) is 4.79 Å². The third-order valence-corrected chi connectivity index (χ3v) is 5.68. The second-order valence-electron chi connectivity index (χ2n) is 6.14. The van der Waals surface area contributed by atoms with Crippen LogP contribution < -0.4 is 4.74 Å². The number of ether oxygens (including phenoxy) is 1. The Balaban J connectivity index is 1.96. The molecule has 1 aromatic rings. The second kappa shape index (κ2) is 7.98. The van der Waals surface area contributed by atoms with Crippen LogP contribution in [0.5, 0.6) is 5.75 Å². The number of benzene rings is 1. The molecule has 0 heterocycles. The van der Waals surface area contributed by atoms with Crippen LogP contribution in [-0.2, 0) is 0 Å². The number of carbonyl (C=O) groups is 1. The average molecular weight is 353 g/mol. The lowest BCUT2D eigenvalue weighted by atomic mass is 9.83. The normalized spacial score (nSPS) is 18.0. The first-order valence-corrected chi connectivity index (χ1v) is 9.13. The molecule has 21 heavy (non-hydrogen) atoms. The van der Waals surface area contributed by atoms with Gasteiger partial charge in [-0.3, -0.25) is 4.79 Å². The number of alkyl halides is 1. The zero-order valence-electron chi connectivity index (χ0n) is 12.9. The molecule has 0 atom stereocenters. The van der Waals surface area contributed by atoms with E-state index in [0.29, 0.717) is 6.42 Å². The highest BCUT2D eigenvalue weighted by Crippen LogP contribution is 2.37. The van der Waals surface area contributed by atoms with E-state index in [1.54, 1.807) is 0 Å². The molecule has 1 fully saturated rings. The molecule has 0 saturated heterocycles. The number of rotatable bonds is 6. The lowest BCUT2D eigenvalue weighted by Gasteiger charge is -2.30. The lowest BCUT2D eigenvalue weighted by molar-refractivity contribution is 0.0988. The molecule has 1 aliphatic rings. The molecule has 3 heteroatoms. The SMILES string of the molecule is CCC(=O)c1ccc(OCC2(CBr)CCCCCC2)cc1. The van der Waals surface area contributed by atoms with Gasteiger partial charge in [-0.25, -0.2) is 0 Å². The van der Waals surface area contributed by atoms with E-state index in [4.69, 9.17) is 4.74 Å². The maximum Gasteiger partial charge on any atom is 0.162 e. The van der Waals surface area contributed by atoms with Crippen LogP contribution >= 0.6 is 15.9 Å². The smallest absolute Gasteiger partial charge is 0.162 e. The van der Waals surface area contributed by atoms with Crippen molar-refractivity contribution in [1.82, 2.24) is 0 Å². The number of ketones is 1. The minimum Gasteiger partial charge on any atom is -0.493 e. The highest BCUT2D eigenvalue weighted by atomic mass is 79.9. The molecule has 1 aliphatic carbocycles. The third kappa shape index (κ3) is 4.57. The van der Waals surface area contributed by atoms with Gasteiger partial charge >= 0.3 is 0 Å². The molecule has 1 aromatic carbocycles. The fourth-order valence-electron chi connectivity index (χ4n) is 2.97. The average Bonchev–Trinajstić information content (AvgIpc) is 2.79. The zero-order chi connectivity index (χ0) is 15.1. The summed E-state index contributed by atoms with van der Waals surface area (Å²) in [6.07, 6.45) is 8.34. The van der Waals surface area contributed by atoms with E-state index in [-0.39, 0.29) is 11.2 Å². The highest BCUT2D eigenvalue weighted by Gasteiger charge is 2.30. The predicted molar refractivity (Wildman–Crippen MR) is 90.5 cm³/mol. The van der Waals surface area contributed by atoms with Gasteiger partial charge in [0.1, 0.15) is 5.75 Å². The Bertz CT molecular complexity index is 445. The quantitative estimate of drug-likeness (QED) is 0.389. The van der Waals surface area contributed by atoms with Gasteiger partial charge in [-0.05, 0) is 37.1 Å².